The van der Waals surface area contributed by atoms with Crippen molar-refractivity contribution in [2.24, 2.45) is 0 Å². The van der Waals surface area contributed by atoms with Crippen LogP contribution in [0.1, 0.15) is 67.5 Å². The average molecular weight is 325 g/mol. The summed E-state index contributed by atoms with van der Waals surface area (Å²) < 4.78 is 4.61. The molecule has 0 spiro atoms. The van der Waals surface area contributed by atoms with E-state index < -0.39 is 0 Å². The third kappa shape index (κ3) is 8.82. The monoisotopic (exact) mass is 325 g/mol. The minimum atomic E-state index is -0.107. The fourth-order valence-electron chi connectivity index (χ4n) is 2.25. The summed E-state index contributed by atoms with van der Waals surface area (Å²) in [5.41, 5.74) is 0. The first kappa shape index (κ1) is 18.7. The summed E-state index contributed by atoms with van der Waals surface area (Å²) in [6.07, 6.45) is 9.64. The van der Waals surface area contributed by atoms with Gasteiger partial charge in [-0.15, -0.1) is 11.3 Å². The normalized spacial score (nSPS) is 10.4. The molecule has 0 aromatic carbocycles. The Bertz CT molecular complexity index is 418. The van der Waals surface area contributed by atoms with E-state index in [9.17, 15) is 9.59 Å². The summed E-state index contributed by atoms with van der Waals surface area (Å²) in [6.45, 7) is 0.760. The Kier molecular flexibility index (Phi) is 10.4. The van der Waals surface area contributed by atoms with Crippen LogP contribution in [-0.4, -0.2) is 25.5 Å². The third-order valence-electron chi connectivity index (χ3n) is 3.57. The van der Waals surface area contributed by atoms with Gasteiger partial charge in [0.15, 0.2) is 0 Å². The molecule has 0 aliphatic rings. The van der Waals surface area contributed by atoms with Crippen LogP contribution in [0, 0.1) is 0 Å². The summed E-state index contributed by atoms with van der Waals surface area (Å²) in [6, 6.07) is 3.74. The Hall–Kier alpha value is -1.36. The number of hydrogen-bond donors (Lipinski definition) is 1. The maximum Gasteiger partial charge on any atom is 0.305 e. The smallest absolute Gasteiger partial charge is 0.305 e. The largest absolute Gasteiger partial charge is 0.469 e. The van der Waals surface area contributed by atoms with Crippen molar-refractivity contribution in [3.8, 4) is 0 Å². The van der Waals surface area contributed by atoms with E-state index in [1.807, 2.05) is 17.5 Å². The predicted octanol–water partition coefficient (Wildman–Crippen LogP) is 4.16. The zero-order chi connectivity index (χ0) is 16.0. The number of carbonyl (C=O) groups excluding carboxylic acids is 2. The lowest BCUT2D eigenvalue weighted by atomic mass is 10.1. The van der Waals surface area contributed by atoms with Gasteiger partial charge in [-0.2, -0.15) is 0 Å². The second kappa shape index (κ2) is 12.2. The number of carbonyl (C=O) groups is 2. The first-order valence-corrected chi connectivity index (χ1v) is 9.00. The first-order valence-electron chi connectivity index (χ1n) is 8.12. The van der Waals surface area contributed by atoms with Gasteiger partial charge in [-0.25, -0.2) is 0 Å². The van der Waals surface area contributed by atoms with Crippen LogP contribution in [0.5, 0.6) is 0 Å². The Morgan fingerprint density at radius 3 is 2.27 bits per heavy atom. The van der Waals surface area contributed by atoms with E-state index in [1.54, 1.807) is 0 Å². The number of rotatable bonds is 12. The third-order valence-corrected chi connectivity index (χ3v) is 4.43. The molecule has 0 saturated heterocycles. The molecule has 1 N–H and O–H groups in total. The Labute approximate surface area is 137 Å². The van der Waals surface area contributed by atoms with Crippen LogP contribution < -0.4 is 5.32 Å². The molecule has 1 aromatic rings. The van der Waals surface area contributed by atoms with Crippen LogP contribution in [0.2, 0.25) is 0 Å². The number of hydrogen-bond acceptors (Lipinski definition) is 4. The molecule has 1 rings (SSSR count). The molecule has 124 valence electrons. The van der Waals surface area contributed by atoms with Crippen molar-refractivity contribution in [1.82, 2.24) is 5.32 Å². The van der Waals surface area contributed by atoms with Crippen LogP contribution >= 0.6 is 11.3 Å². The Morgan fingerprint density at radius 1 is 1.05 bits per heavy atom. The molecule has 0 radical (unpaired) electrons. The molecular formula is C17H27NO3S. The Balaban J connectivity index is 1.82. The van der Waals surface area contributed by atoms with E-state index in [-0.39, 0.29) is 11.9 Å². The van der Waals surface area contributed by atoms with Crippen molar-refractivity contribution in [2.45, 2.75) is 57.8 Å². The molecule has 0 saturated carbocycles. The standard InChI is InChI=1S/C17H27NO3S/c1-21-16(19)12-8-6-4-2-3-5-7-9-13-18-17(20)15-11-10-14-22-15/h10-11,14H,2-9,12-13H2,1H3,(H,18,20). The molecule has 0 unspecified atom stereocenters. The lowest BCUT2D eigenvalue weighted by molar-refractivity contribution is -0.140. The molecule has 1 aromatic heterocycles. The summed E-state index contributed by atoms with van der Waals surface area (Å²) in [7, 11) is 1.44. The summed E-state index contributed by atoms with van der Waals surface area (Å²) in [4.78, 5) is 23.4. The van der Waals surface area contributed by atoms with Crippen LogP contribution in [0.4, 0.5) is 0 Å². The highest BCUT2D eigenvalue weighted by atomic mass is 32.1. The second-order valence-electron chi connectivity index (χ2n) is 5.39. The van der Waals surface area contributed by atoms with E-state index in [1.165, 1.54) is 44.1 Å². The number of amides is 1. The molecule has 5 heteroatoms. The lowest BCUT2D eigenvalue weighted by Crippen LogP contribution is -2.23. The predicted molar refractivity (Wildman–Crippen MR) is 90.2 cm³/mol. The van der Waals surface area contributed by atoms with Crippen LogP contribution in [0.3, 0.4) is 0 Å². The molecule has 0 fully saturated rings. The molecule has 22 heavy (non-hydrogen) atoms. The maximum absolute atomic E-state index is 11.7. The van der Waals surface area contributed by atoms with E-state index in [0.717, 1.165) is 37.1 Å². The van der Waals surface area contributed by atoms with Crippen molar-refractivity contribution in [3.63, 3.8) is 0 Å². The van der Waals surface area contributed by atoms with Gasteiger partial charge in [-0.3, -0.25) is 9.59 Å². The van der Waals surface area contributed by atoms with Gasteiger partial charge in [0.05, 0.1) is 12.0 Å². The number of thiophene rings is 1. The van der Waals surface area contributed by atoms with E-state index in [2.05, 4.69) is 10.1 Å². The van der Waals surface area contributed by atoms with Crippen molar-refractivity contribution in [1.29, 1.82) is 0 Å². The van der Waals surface area contributed by atoms with Gasteiger partial charge >= 0.3 is 5.97 Å². The van der Waals surface area contributed by atoms with E-state index in [4.69, 9.17) is 0 Å². The fourth-order valence-corrected chi connectivity index (χ4v) is 2.89. The summed E-state index contributed by atoms with van der Waals surface area (Å²) >= 11 is 1.47. The van der Waals surface area contributed by atoms with Gasteiger partial charge in [0.25, 0.3) is 5.91 Å². The minimum absolute atomic E-state index is 0.0422. The van der Waals surface area contributed by atoms with Gasteiger partial charge in [0.2, 0.25) is 0 Å². The van der Waals surface area contributed by atoms with Gasteiger partial charge in [0.1, 0.15) is 0 Å². The second-order valence-corrected chi connectivity index (χ2v) is 6.34. The fraction of sp³-hybridized carbons (Fsp3) is 0.647. The Morgan fingerprint density at radius 2 is 1.68 bits per heavy atom. The molecule has 0 aliphatic carbocycles. The first-order chi connectivity index (χ1) is 10.7. The number of unbranched alkanes of at least 4 members (excludes halogenated alkanes) is 7. The number of ether oxygens (including phenoxy) is 1. The number of nitrogens with one attached hydrogen (secondary N) is 1. The van der Waals surface area contributed by atoms with Crippen molar-refractivity contribution in [3.05, 3.63) is 22.4 Å². The number of esters is 1. The average Bonchev–Trinajstić information content (AvgIpc) is 3.06. The maximum atomic E-state index is 11.7. The highest BCUT2D eigenvalue weighted by Gasteiger charge is 2.04. The van der Waals surface area contributed by atoms with Gasteiger partial charge in [-0.05, 0) is 24.3 Å². The minimum Gasteiger partial charge on any atom is -0.469 e. The van der Waals surface area contributed by atoms with Gasteiger partial charge < -0.3 is 10.1 Å². The van der Waals surface area contributed by atoms with E-state index in [0.29, 0.717) is 6.42 Å². The summed E-state index contributed by atoms with van der Waals surface area (Å²) in [5, 5.41) is 4.86. The van der Waals surface area contributed by atoms with E-state index >= 15 is 0 Å². The quantitative estimate of drug-likeness (QED) is 0.464. The SMILES string of the molecule is COC(=O)CCCCCCCCCCNC(=O)c1cccs1. The summed E-state index contributed by atoms with van der Waals surface area (Å²) in [5.74, 6) is -0.0646. The zero-order valence-corrected chi connectivity index (χ0v) is 14.3. The van der Waals surface area contributed by atoms with Crippen LogP contribution in [-0.2, 0) is 9.53 Å². The van der Waals surface area contributed by atoms with Crippen LogP contribution in [0.15, 0.2) is 17.5 Å². The van der Waals surface area contributed by atoms with Gasteiger partial charge in [-0.1, -0.05) is 44.6 Å². The van der Waals surface area contributed by atoms with Crippen molar-refractivity contribution >= 4 is 23.2 Å². The molecule has 1 heterocycles. The highest BCUT2D eigenvalue weighted by Crippen LogP contribution is 2.10. The molecule has 0 atom stereocenters. The molecule has 0 bridgehead atoms. The highest BCUT2D eigenvalue weighted by molar-refractivity contribution is 7.12. The van der Waals surface area contributed by atoms with Crippen LogP contribution in [0.25, 0.3) is 0 Å². The lowest BCUT2D eigenvalue weighted by Gasteiger charge is -2.04. The zero-order valence-electron chi connectivity index (χ0n) is 13.4. The van der Waals surface area contributed by atoms with Crippen molar-refractivity contribution in [2.75, 3.05) is 13.7 Å². The number of methoxy groups -OCH3 is 1. The molecule has 1 amide bonds. The molecular weight excluding hydrogens is 298 g/mol. The molecule has 0 aliphatic heterocycles. The molecule has 4 nitrogen and oxygen atoms in total. The van der Waals surface area contributed by atoms with Gasteiger partial charge in [0, 0.05) is 13.0 Å². The topological polar surface area (TPSA) is 55.4 Å². The van der Waals surface area contributed by atoms with Crippen molar-refractivity contribution < 1.29 is 14.3 Å².